The Balaban J connectivity index is 1.39. The molecule has 9 heteroatoms. The molecule has 0 atom stereocenters. The van der Waals surface area contributed by atoms with E-state index in [1.54, 1.807) is 0 Å². The lowest BCUT2D eigenvalue weighted by Crippen LogP contribution is -2.56. The van der Waals surface area contributed by atoms with Crippen LogP contribution in [0.4, 0.5) is 4.79 Å². The number of rotatable bonds is 5. The molecule has 3 aliphatic rings. The molecule has 2 aliphatic heterocycles. The fourth-order valence-corrected chi connectivity index (χ4v) is 5.95. The largest absolute Gasteiger partial charge is 0.444 e. The third-order valence-electron chi connectivity index (χ3n) is 8.09. The van der Waals surface area contributed by atoms with E-state index < -0.39 is 5.60 Å². The number of nitrogens with zero attached hydrogens (tertiary/aromatic N) is 7. The summed E-state index contributed by atoms with van der Waals surface area (Å²) in [7, 11) is 0. The molecule has 196 valence electrons. The van der Waals surface area contributed by atoms with E-state index >= 15 is 0 Å². The zero-order chi connectivity index (χ0) is 25.2. The zero-order valence-corrected chi connectivity index (χ0v) is 22.1. The van der Waals surface area contributed by atoms with Crippen molar-refractivity contribution in [1.82, 2.24) is 34.9 Å². The number of hydrogen-bond donors (Lipinski definition) is 0. The molecule has 1 saturated carbocycles. The van der Waals surface area contributed by atoms with E-state index in [2.05, 4.69) is 49.6 Å². The van der Waals surface area contributed by atoms with Gasteiger partial charge in [-0.1, -0.05) is 36.8 Å². The molecule has 1 aromatic heterocycles. The maximum atomic E-state index is 12.8. The lowest BCUT2D eigenvalue weighted by molar-refractivity contribution is -0.0137. The van der Waals surface area contributed by atoms with E-state index in [4.69, 9.17) is 4.74 Å². The fourth-order valence-electron chi connectivity index (χ4n) is 5.95. The van der Waals surface area contributed by atoms with Gasteiger partial charge in [0, 0.05) is 38.8 Å². The zero-order valence-electron chi connectivity index (χ0n) is 22.1. The summed E-state index contributed by atoms with van der Waals surface area (Å²) in [4.78, 5) is 20.0. The number of hydrogen-bond acceptors (Lipinski definition) is 7. The van der Waals surface area contributed by atoms with Crippen LogP contribution in [0.5, 0.6) is 0 Å². The number of aromatic nitrogens is 4. The summed E-state index contributed by atoms with van der Waals surface area (Å²) in [6.45, 7) is 11.9. The summed E-state index contributed by atoms with van der Waals surface area (Å²) < 4.78 is 7.66. The van der Waals surface area contributed by atoms with Gasteiger partial charge in [0.2, 0.25) is 0 Å². The number of likely N-dealkylation sites (tertiary alicyclic amines) is 1. The lowest BCUT2D eigenvalue weighted by Gasteiger charge is -2.47. The van der Waals surface area contributed by atoms with Gasteiger partial charge in [-0.25, -0.2) is 9.48 Å². The maximum Gasteiger partial charge on any atom is 0.410 e. The van der Waals surface area contributed by atoms with Crippen molar-refractivity contribution in [2.75, 3.05) is 39.3 Å². The van der Waals surface area contributed by atoms with E-state index in [1.807, 2.05) is 36.4 Å². The number of tetrazole rings is 1. The topological polar surface area (TPSA) is 79.6 Å². The van der Waals surface area contributed by atoms with E-state index in [1.165, 1.54) is 24.8 Å². The smallest absolute Gasteiger partial charge is 0.410 e. The van der Waals surface area contributed by atoms with Crippen molar-refractivity contribution in [3.63, 3.8) is 0 Å². The minimum absolute atomic E-state index is 0.230. The van der Waals surface area contributed by atoms with Crippen LogP contribution in [0.25, 0.3) is 0 Å². The number of piperidine rings is 1. The summed E-state index contributed by atoms with van der Waals surface area (Å²) >= 11 is 0. The van der Waals surface area contributed by atoms with Crippen molar-refractivity contribution in [3.05, 3.63) is 41.7 Å². The van der Waals surface area contributed by atoms with Crippen LogP contribution in [0, 0.1) is 0 Å². The Morgan fingerprint density at radius 2 is 1.75 bits per heavy atom. The van der Waals surface area contributed by atoms with Crippen LogP contribution in [0.3, 0.4) is 0 Å². The highest BCUT2D eigenvalue weighted by molar-refractivity contribution is 5.68. The van der Waals surface area contributed by atoms with Crippen LogP contribution in [-0.4, -0.2) is 91.9 Å². The Morgan fingerprint density at radius 1 is 1.00 bits per heavy atom. The van der Waals surface area contributed by atoms with Gasteiger partial charge in [0.25, 0.3) is 0 Å². The van der Waals surface area contributed by atoms with E-state index in [-0.39, 0.29) is 11.6 Å². The second-order valence-corrected chi connectivity index (χ2v) is 11.6. The number of amides is 1. The second kappa shape index (κ2) is 10.5. The first kappa shape index (κ1) is 25.1. The minimum Gasteiger partial charge on any atom is -0.444 e. The number of carbonyl (C=O) groups is 1. The van der Waals surface area contributed by atoms with Gasteiger partial charge in [0.15, 0.2) is 5.82 Å². The van der Waals surface area contributed by atoms with Crippen molar-refractivity contribution in [2.24, 2.45) is 0 Å². The van der Waals surface area contributed by atoms with Gasteiger partial charge in [0.1, 0.15) is 5.60 Å². The molecule has 0 radical (unpaired) electrons. The highest BCUT2D eigenvalue weighted by atomic mass is 16.6. The van der Waals surface area contributed by atoms with Gasteiger partial charge in [-0.3, -0.25) is 9.80 Å². The van der Waals surface area contributed by atoms with Crippen molar-refractivity contribution in [3.8, 4) is 0 Å². The second-order valence-electron chi connectivity index (χ2n) is 11.6. The van der Waals surface area contributed by atoms with Crippen LogP contribution in [0.2, 0.25) is 0 Å². The molecular weight excluding hydrogens is 454 g/mol. The molecule has 0 unspecified atom stereocenters. The molecule has 0 spiro atoms. The molecule has 0 bridgehead atoms. The predicted molar refractivity (Wildman–Crippen MR) is 137 cm³/mol. The lowest BCUT2D eigenvalue weighted by atomic mass is 9.84. The van der Waals surface area contributed by atoms with Crippen LogP contribution in [0.1, 0.15) is 70.7 Å². The van der Waals surface area contributed by atoms with Gasteiger partial charge in [0.05, 0.1) is 12.1 Å². The molecule has 5 rings (SSSR count). The highest BCUT2D eigenvalue weighted by Gasteiger charge is 2.47. The third kappa shape index (κ3) is 5.42. The van der Waals surface area contributed by atoms with Crippen molar-refractivity contribution in [2.45, 2.75) is 83.0 Å². The summed E-state index contributed by atoms with van der Waals surface area (Å²) in [6, 6.07) is 11.1. The van der Waals surface area contributed by atoms with E-state index in [9.17, 15) is 4.79 Å². The Morgan fingerprint density at radius 3 is 2.42 bits per heavy atom. The van der Waals surface area contributed by atoms with E-state index in [0.717, 1.165) is 57.3 Å². The van der Waals surface area contributed by atoms with Crippen LogP contribution >= 0.6 is 0 Å². The first-order chi connectivity index (χ1) is 17.3. The van der Waals surface area contributed by atoms with Gasteiger partial charge in [-0.05, 0) is 75.4 Å². The molecule has 2 aromatic rings. The molecule has 3 heterocycles. The Hall–Kier alpha value is -2.52. The Bertz CT molecular complexity index is 1010. The van der Waals surface area contributed by atoms with Crippen LogP contribution < -0.4 is 0 Å². The molecule has 1 aliphatic carbocycles. The van der Waals surface area contributed by atoms with Crippen molar-refractivity contribution >= 4 is 6.09 Å². The molecule has 0 N–H and O–H groups in total. The Kier molecular flexibility index (Phi) is 7.30. The average molecular weight is 496 g/mol. The fraction of sp³-hybridized carbons (Fsp3) is 0.704. The molecule has 36 heavy (non-hydrogen) atoms. The summed E-state index contributed by atoms with van der Waals surface area (Å²) in [5.41, 5.74) is 0.382. The average Bonchev–Trinajstić information content (AvgIpc) is 3.14. The van der Waals surface area contributed by atoms with Crippen molar-refractivity contribution in [1.29, 1.82) is 0 Å². The number of carbonyl (C=O) groups excluding carboxylic acids is 1. The molecule has 3 fully saturated rings. The quantitative estimate of drug-likeness (QED) is 0.628. The van der Waals surface area contributed by atoms with E-state index in [0.29, 0.717) is 19.6 Å². The highest BCUT2D eigenvalue weighted by Crippen LogP contribution is 2.39. The number of ether oxygens (including phenoxy) is 1. The molecule has 9 nitrogen and oxygen atoms in total. The SMILES string of the molecule is CC(C)(C)OC(=O)N1CCC(c2nnnn2Cc2ccccc2)(N2CCCN(C3CCC3)CC2)CC1. The predicted octanol–water partition coefficient (Wildman–Crippen LogP) is 3.51. The first-order valence-corrected chi connectivity index (χ1v) is 13.6. The first-order valence-electron chi connectivity index (χ1n) is 13.6. The maximum absolute atomic E-state index is 12.8. The summed E-state index contributed by atoms with van der Waals surface area (Å²) in [5.74, 6) is 0.923. The summed E-state index contributed by atoms with van der Waals surface area (Å²) in [5, 5.41) is 13.2. The van der Waals surface area contributed by atoms with Gasteiger partial charge < -0.3 is 9.64 Å². The monoisotopic (exact) mass is 495 g/mol. The summed E-state index contributed by atoms with van der Waals surface area (Å²) in [6.07, 6.45) is 6.55. The molecule has 1 amide bonds. The van der Waals surface area contributed by atoms with Crippen molar-refractivity contribution < 1.29 is 9.53 Å². The molecule has 2 saturated heterocycles. The number of benzene rings is 1. The van der Waals surface area contributed by atoms with Crippen LogP contribution in [-0.2, 0) is 16.8 Å². The normalized spacial score (nSPS) is 22.1. The minimum atomic E-state index is -0.499. The Labute approximate surface area is 214 Å². The van der Waals surface area contributed by atoms with Gasteiger partial charge in [-0.15, -0.1) is 5.10 Å². The molecule has 1 aromatic carbocycles. The third-order valence-corrected chi connectivity index (χ3v) is 8.09. The van der Waals surface area contributed by atoms with Gasteiger partial charge in [-0.2, -0.15) is 0 Å². The standard InChI is InChI=1S/C27H41N7O2/c1-26(2,3)36-25(35)32-17-13-27(14-18-32,33-16-8-15-31(19-20-33)23-11-7-12-23)24-28-29-30-34(24)21-22-9-5-4-6-10-22/h4-6,9-10,23H,7-8,11-21H2,1-3H3. The van der Waals surface area contributed by atoms with Gasteiger partial charge >= 0.3 is 6.09 Å². The van der Waals surface area contributed by atoms with Crippen LogP contribution in [0.15, 0.2) is 30.3 Å². The molecular formula is C27H41N7O2.